The van der Waals surface area contributed by atoms with Crippen molar-refractivity contribution in [2.45, 2.75) is 0 Å². The van der Waals surface area contributed by atoms with Gasteiger partial charge >= 0.3 is 0 Å². The summed E-state index contributed by atoms with van der Waals surface area (Å²) < 4.78 is 7.70. The minimum Gasteiger partial charge on any atom is -0.308 e. The van der Waals surface area contributed by atoms with E-state index in [-0.39, 0.29) is 0 Å². The monoisotopic (exact) mass is 736 g/mol. The minimum absolute atomic E-state index is 0.638. The lowest BCUT2D eigenvalue weighted by Gasteiger charge is -2.13. The van der Waals surface area contributed by atoms with Gasteiger partial charge in [0.1, 0.15) is 0 Å². The molecule has 0 N–H and O–H groups in total. The van der Waals surface area contributed by atoms with Gasteiger partial charge in [0, 0.05) is 74.2 Å². The Balaban J connectivity index is 1.19. The van der Waals surface area contributed by atoms with E-state index in [2.05, 4.69) is 138 Å². The van der Waals surface area contributed by atoms with Crippen LogP contribution < -0.4 is 0 Å². The lowest BCUT2D eigenvalue weighted by Crippen LogP contribution is -2.01. The molecule has 4 aromatic heterocycles. The van der Waals surface area contributed by atoms with E-state index < -0.39 is 0 Å². The molecule has 0 saturated carbocycles. The summed E-state index contributed by atoms with van der Waals surface area (Å²) in [5, 5.41) is 10.5. The zero-order chi connectivity index (χ0) is 36.0. The van der Waals surface area contributed by atoms with Gasteiger partial charge in [-0.2, -0.15) is 0 Å². The minimum atomic E-state index is 0.638. The van der Waals surface area contributed by atoms with Crippen LogP contribution >= 0.6 is 22.7 Å². The van der Waals surface area contributed by atoms with Crippen molar-refractivity contribution in [1.82, 2.24) is 19.5 Å². The van der Waals surface area contributed by atoms with Crippen molar-refractivity contribution in [2.75, 3.05) is 0 Å². The Labute approximate surface area is 323 Å². The molecule has 0 unspecified atom stereocenters. The molecule has 4 heterocycles. The van der Waals surface area contributed by atoms with Gasteiger partial charge in [0.05, 0.1) is 15.7 Å². The molecule has 4 nitrogen and oxygen atoms in total. The maximum Gasteiger partial charge on any atom is 0.164 e. The van der Waals surface area contributed by atoms with Gasteiger partial charge < -0.3 is 4.57 Å². The summed E-state index contributed by atoms with van der Waals surface area (Å²) in [6.45, 7) is 0. The van der Waals surface area contributed by atoms with Crippen molar-refractivity contribution in [3.8, 4) is 39.9 Å². The second kappa shape index (κ2) is 11.9. The van der Waals surface area contributed by atoms with Crippen molar-refractivity contribution < 1.29 is 0 Å². The van der Waals surface area contributed by atoms with Gasteiger partial charge in [-0.1, -0.05) is 133 Å². The van der Waals surface area contributed by atoms with Crippen LogP contribution in [0.25, 0.3) is 113 Å². The third-order valence-electron chi connectivity index (χ3n) is 10.8. The van der Waals surface area contributed by atoms with E-state index in [4.69, 9.17) is 15.0 Å². The molecular formula is C49H28N4S2. The number of thiophene rings is 2. The van der Waals surface area contributed by atoms with Crippen LogP contribution in [0.1, 0.15) is 0 Å². The molecular weight excluding hydrogens is 709 g/mol. The largest absolute Gasteiger partial charge is 0.308 e. The van der Waals surface area contributed by atoms with Gasteiger partial charge in [0.25, 0.3) is 0 Å². The fraction of sp³-hybridized carbons (Fsp3) is 0. The first-order valence-electron chi connectivity index (χ1n) is 18.4. The fourth-order valence-electron chi connectivity index (χ4n) is 8.46. The average molecular weight is 737 g/mol. The standard InChI is InChI=1S/C49H28N4S2/c1-3-14-29(15-4-1)47-50-48(30-16-5-2-6-17-30)52-49(51-47)31-18-13-19-32(28-31)53-37-23-10-7-20-33(37)41-36-26-27-40-42(34-21-8-11-24-38(34)54-40)43(36)44-35-22-9-12-25-39(35)55-46(44)45(41)53/h1-28H. The number of aromatic nitrogens is 4. The van der Waals surface area contributed by atoms with Gasteiger partial charge in [-0.15, -0.1) is 22.7 Å². The van der Waals surface area contributed by atoms with E-state index in [9.17, 15) is 0 Å². The van der Waals surface area contributed by atoms with Crippen molar-refractivity contribution in [2.24, 2.45) is 0 Å². The van der Waals surface area contributed by atoms with E-state index in [1.54, 1.807) is 0 Å². The maximum absolute atomic E-state index is 5.09. The lowest BCUT2D eigenvalue weighted by molar-refractivity contribution is 1.07. The van der Waals surface area contributed by atoms with Gasteiger partial charge in [-0.3, -0.25) is 0 Å². The molecule has 12 rings (SSSR count). The van der Waals surface area contributed by atoms with E-state index in [0.717, 1.165) is 22.4 Å². The van der Waals surface area contributed by atoms with Gasteiger partial charge in [-0.25, -0.2) is 15.0 Å². The predicted octanol–water partition coefficient (Wildman–Crippen LogP) is 13.9. The fourth-order valence-corrected chi connectivity index (χ4v) is 10.8. The second-order valence-corrected chi connectivity index (χ2v) is 16.1. The zero-order valence-electron chi connectivity index (χ0n) is 29.3. The molecule has 0 amide bonds. The molecule has 0 atom stereocenters. The lowest BCUT2D eigenvalue weighted by atomic mass is 9.95. The smallest absolute Gasteiger partial charge is 0.164 e. The highest BCUT2D eigenvalue weighted by Crippen LogP contribution is 2.51. The van der Waals surface area contributed by atoms with Crippen molar-refractivity contribution in [1.29, 1.82) is 0 Å². The van der Waals surface area contributed by atoms with Gasteiger partial charge in [-0.05, 0) is 41.8 Å². The molecule has 0 saturated heterocycles. The van der Waals surface area contributed by atoms with E-state index in [1.807, 2.05) is 59.1 Å². The Morgan fingerprint density at radius 1 is 0.364 bits per heavy atom. The number of hydrogen-bond donors (Lipinski definition) is 0. The summed E-state index contributed by atoms with van der Waals surface area (Å²) in [7, 11) is 0. The number of fused-ring (bicyclic) bond motifs is 14. The van der Waals surface area contributed by atoms with Crippen molar-refractivity contribution >= 4 is 95.6 Å². The molecule has 6 heteroatoms. The summed E-state index contributed by atoms with van der Waals surface area (Å²) in [4.78, 5) is 15.1. The van der Waals surface area contributed by atoms with E-state index in [0.29, 0.717) is 17.5 Å². The third kappa shape index (κ3) is 4.59. The van der Waals surface area contributed by atoms with Crippen LogP contribution in [0.4, 0.5) is 0 Å². The average Bonchev–Trinajstić information content (AvgIpc) is 3.94. The summed E-state index contributed by atoms with van der Waals surface area (Å²) in [6.07, 6.45) is 0. The van der Waals surface area contributed by atoms with Crippen LogP contribution in [0.3, 0.4) is 0 Å². The topological polar surface area (TPSA) is 43.6 Å². The van der Waals surface area contributed by atoms with E-state index in [1.165, 1.54) is 72.9 Å². The highest BCUT2D eigenvalue weighted by Gasteiger charge is 2.24. The summed E-state index contributed by atoms with van der Waals surface area (Å²) in [5.41, 5.74) is 6.29. The summed E-state index contributed by atoms with van der Waals surface area (Å²) in [6, 6.07) is 60.4. The molecule has 0 fully saturated rings. The van der Waals surface area contributed by atoms with Gasteiger partial charge in [0.2, 0.25) is 0 Å². The predicted molar refractivity (Wildman–Crippen MR) is 234 cm³/mol. The van der Waals surface area contributed by atoms with Crippen molar-refractivity contribution in [3.05, 3.63) is 170 Å². The normalized spacial score (nSPS) is 12.0. The number of para-hydroxylation sites is 1. The van der Waals surface area contributed by atoms with Crippen LogP contribution in [-0.2, 0) is 0 Å². The zero-order valence-corrected chi connectivity index (χ0v) is 30.9. The van der Waals surface area contributed by atoms with Crippen molar-refractivity contribution in [3.63, 3.8) is 0 Å². The molecule has 0 aliphatic rings. The number of hydrogen-bond acceptors (Lipinski definition) is 5. The Hall–Kier alpha value is -6.73. The second-order valence-electron chi connectivity index (χ2n) is 13.9. The first-order valence-corrected chi connectivity index (χ1v) is 20.0. The third-order valence-corrected chi connectivity index (χ3v) is 13.1. The number of rotatable bonds is 4. The molecule has 8 aromatic carbocycles. The maximum atomic E-state index is 5.09. The van der Waals surface area contributed by atoms with Crippen LogP contribution in [0.2, 0.25) is 0 Å². The number of nitrogens with zero attached hydrogens (tertiary/aromatic N) is 4. The van der Waals surface area contributed by atoms with E-state index >= 15 is 0 Å². The van der Waals surface area contributed by atoms with Crippen LogP contribution in [0.15, 0.2) is 170 Å². The van der Waals surface area contributed by atoms with Crippen LogP contribution in [0.5, 0.6) is 0 Å². The summed E-state index contributed by atoms with van der Waals surface area (Å²) >= 11 is 3.78. The molecule has 55 heavy (non-hydrogen) atoms. The molecule has 0 radical (unpaired) electrons. The van der Waals surface area contributed by atoms with Crippen LogP contribution in [-0.4, -0.2) is 19.5 Å². The number of benzene rings is 8. The first-order chi connectivity index (χ1) is 27.3. The molecule has 0 spiro atoms. The van der Waals surface area contributed by atoms with Crippen LogP contribution in [0, 0.1) is 0 Å². The summed E-state index contributed by atoms with van der Waals surface area (Å²) in [5.74, 6) is 1.94. The molecule has 0 bridgehead atoms. The molecule has 12 aromatic rings. The molecule has 0 aliphatic heterocycles. The molecule has 0 aliphatic carbocycles. The Kier molecular flexibility index (Phi) is 6.64. The SMILES string of the molecule is c1ccc(-c2nc(-c3ccccc3)nc(-c3cccc(-n4c5ccccc5c5c6ccc7sc8ccccc8c7c6c6c7ccccc7sc6c54)c3)n2)cc1. The highest BCUT2D eigenvalue weighted by atomic mass is 32.1. The van der Waals surface area contributed by atoms with Gasteiger partial charge in [0.15, 0.2) is 17.5 Å². The Morgan fingerprint density at radius 3 is 1.64 bits per heavy atom. The quantitative estimate of drug-likeness (QED) is 0.181. The first kappa shape index (κ1) is 30.7. The highest BCUT2D eigenvalue weighted by molar-refractivity contribution is 7.27. The Bertz CT molecular complexity index is 3430. The molecule has 256 valence electrons. The Morgan fingerprint density at radius 2 is 0.927 bits per heavy atom.